The predicted molar refractivity (Wildman–Crippen MR) is 79.3 cm³/mol. The highest BCUT2D eigenvalue weighted by Gasteiger charge is 2.25. The third-order valence-electron chi connectivity index (χ3n) is 3.36. The Hall–Kier alpha value is -2.40. The van der Waals surface area contributed by atoms with Gasteiger partial charge in [0.05, 0.1) is 10.5 Å². The second kappa shape index (κ2) is 5.93. The van der Waals surface area contributed by atoms with E-state index in [0.29, 0.717) is 11.3 Å². The van der Waals surface area contributed by atoms with Gasteiger partial charge in [0.1, 0.15) is 18.0 Å². The Morgan fingerprint density at radius 3 is 2.48 bits per heavy atom. The summed E-state index contributed by atoms with van der Waals surface area (Å²) in [5.41, 5.74) is 0.0181. The molecule has 0 radical (unpaired) electrons. The Balaban J connectivity index is 2.17. The quantitative estimate of drug-likeness (QED) is 0.677. The molecule has 1 atom stereocenters. The van der Waals surface area contributed by atoms with Crippen molar-refractivity contribution in [2.75, 3.05) is 6.61 Å². The molecule has 0 heterocycles. The summed E-state index contributed by atoms with van der Waals surface area (Å²) in [5.74, 6) is 0.403. The summed E-state index contributed by atoms with van der Waals surface area (Å²) in [7, 11) is 0. The third kappa shape index (κ3) is 3.38. The second-order valence-electron chi connectivity index (χ2n) is 5.09. The van der Waals surface area contributed by atoms with Gasteiger partial charge in [0.15, 0.2) is 0 Å². The lowest BCUT2D eigenvalue weighted by molar-refractivity contribution is -0.385. The largest absolute Gasteiger partial charge is 0.490 e. The Kier molecular flexibility index (Phi) is 4.23. The van der Waals surface area contributed by atoms with Gasteiger partial charge in [-0.3, -0.25) is 10.1 Å². The molecule has 2 aromatic carbocycles. The van der Waals surface area contributed by atoms with E-state index in [-0.39, 0.29) is 12.3 Å². The summed E-state index contributed by atoms with van der Waals surface area (Å²) in [6.45, 7) is 3.29. The van der Waals surface area contributed by atoms with E-state index in [0.717, 1.165) is 5.56 Å². The molecule has 0 saturated carbocycles. The number of aliphatic hydroxyl groups is 1. The summed E-state index contributed by atoms with van der Waals surface area (Å²) < 4.78 is 5.59. The molecule has 0 aromatic heterocycles. The van der Waals surface area contributed by atoms with Crippen molar-refractivity contribution >= 4 is 5.69 Å². The van der Waals surface area contributed by atoms with Gasteiger partial charge < -0.3 is 9.84 Å². The highest BCUT2D eigenvalue weighted by Crippen LogP contribution is 2.29. The van der Waals surface area contributed by atoms with Crippen LogP contribution >= 0.6 is 0 Å². The first-order valence-electron chi connectivity index (χ1n) is 6.56. The van der Waals surface area contributed by atoms with Crippen molar-refractivity contribution in [3.8, 4) is 5.75 Å². The fraction of sp³-hybridized carbons (Fsp3) is 0.250. The molecule has 5 nitrogen and oxygen atoms in total. The van der Waals surface area contributed by atoms with Gasteiger partial charge in [-0.15, -0.1) is 0 Å². The zero-order valence-corrected chi connectivity index (χ0v) is 11.9. The van der Waals surface area contributed by atoms with E-state index in [1.165, 1.54) is 6.07 Å². The van der Waals surface area contributed by atoms with Gasteiger partial charge in [0.2, 0.25) is 0 Å². The maximum absolute atomic E-state index is 10.9. The maximum atomic E-state index is 10.9. The lowest BCUT2D eigenvalue weighted by Crippen LogP contribution is -2.29. The minimum atomic E-state index is -1.17. The zero-order valence-electron chi connectivity index (χ0n) is 11.9. The van der Waals surface area contributed by atoms with Gasteiger partial charge in [0.25, 0.3) is 5.69 Å². The first-order chi connectivity index (χ1) is 9.92. The summed E-state index contributed by atoms with van der Waals surface area (Å²) in [4.78, 5) is 10.5. The van der Waals surface area contributed by atoms with Crippen molar-refractivity contribution < 1.29 is 14.8 Å². The molecule has 0 amide bonds. The molecule has 5 heteroatoms. The van der Waals surface area contributed by atoms with Crippen LogP contribution in [0.5, 0.6) is 5.75 Å². The highest BCUT2D eigenvalue weighted by atomic mass is 16.6. The van der Waals surface area contributed by atoms with E-state index < -0.39 is 10.5 Å². The minimum Gasteiger partial charge on any atom is -0.490 e. The predicted octanol–water partition coefficient (Wildman–Crippen LogP) is 3.19. The normalized spacial score (nSPS) is 13.5. The summed E-state index contributed by atoms with van der Waals surface area (Å²) in [6, 6.07) is 13.8. The van der Waals surface area contributed by atoms with Crippen molar-refractivity contribution in [3.63, 3.8) is 0 Å². The molecule has 110 valence electrons. The number of hydrogen-bond donors (Lipinski definition) is 1. The van der Waals surface area contributed by atoms with Crippen molar-refractivity contribution in [3.05, 3.63) is 69.8 Å². The summed E-state index contributed by atoms with van der Waals surface area (Å²) in [6.07, 6.45) is 0. The lowest BCUT2D eigenvalue weighted by atomic mass is 9.97. The molecule has 0 bridgehead atoms. The third-order valence-corrected chi connectivity index (χ3v) is 3.36. The average molecular weight is 287 g/mol. The van der Waals surface area contributed by atoms with Crippen LogP contribution in [0.2, 0.25) is 0 Å². The second-order valence-corrected chi connectivity index (χ2v) is 5.09. The Bertz CT molecular complexity index is 638. The molecule has 21 heavy (non-hydrogen) atoms. The number of hydrogen-bond acceptors (Lipinski definition) is 4. The van der Waals surface area contributed by atoms with Gasteiger partial charge in [-0.05, 0) is 25.5 Å². The SMILES string of the molecule is Cc1c(OCC(C)(O)c2ccccc2)cccc1[N+](=O)[O-]. The molecule has 1 unspecified atom stereocenters. The number of nitro benzene ring substituents is 1. The Morgan fingerprint density at radius 2 is 1.86 bits per heavy atom. The molecule has 0 aliphatic carbocycles. The first-order valence-corrected chi connectivity index (χ1v) is 6.56. The van der Waals surface area contributed by atoms with E-state index in [9.17, 15) is 15.2 Å². The first kappa shape index (κ1) is 15.0. The van der Waals surface area contributed by atoms with Gasteiger partial charge in [-0.1, -0.05) is 36.4 Å². The molecular weight excluding hydrogens is 270 g/mol. The van der Waals surface area contributed by atoms with E-state index in [2.05, 4.69) is 0 Å². The fourth-order valence-corrected chi connectivity index (χ4v) is 2.06. The van der Waals surface area contributed by atoms with Gasteiger partial charge in [-0.25, -0.2) is 0 Å². The molecule has 2 aromatic rings. The van der Waals surface area contributed by atoms with Gasteiger partial charge in [-0.2, -0.15) is 0 Å². The van der Waals surface area contributed by atoms with Crippen LogP contribution < -0.4 is 4.74 Å². The lowest BCUT2D eigenvalue weighted by Gasteiger charge is -2.24. The van der Waals surface area contributed by atoms with Crippen LogP contribution in [0.25, 0.3) is 0 Å². The molecule has 0 fully saturated rings. The van der Waals surface area contributed by atoms with Gasteiger partial charge in [0, 0.05) is 6.07 Å². The van der Waals surface area contributed by atoms with Crippen molar-refractivity contribution in [2.45, 2.75) is 19.4 Å². The zero-order chi connectivity index (χ0) is 15.5. The van der Waals surface area contributed by atoms with Crippen LogP contribution in [0.1, 0.15) is 18.1 Å². The van der Waals surface area contributed by atoms with Crippen molar-refractivity contribution in [1.82, 2.24) is 0 Å². The molecule has 2 rings (SSSR count). The maximum Gasteiger partial charge on any atom is 0.276 e. The fourth-order valence-electron chi connectivity index (χ4n) is 2.06. The Morgan fingerprint density at radius 1 is 1.19 bits per heavy atom. The highest BCUT2D eigenvalue weighted by molar-refractivity contribution is 5.48. The molecule has 1 N–H and O–H groups in total. The van der Waals surface area contributed by atoms with Gasteiger partial charge >= 0.3 is 0 Å². The van der Waals surface area contributed by atoms with Crippen molar-refractivity contribution in [1.29, 1.82) is 0 Å². The molecule has 0 spiro atoms. The van der Waals surface area contributed by atoms with Crippen LogP contribution in [0.15, 0.2) is 48.5 Å². The Labute approximate surface area is 123 Å². The number of nitrogens with zero attached hydrogens (tertiary/aromatic N) is 1. The molecule has 0 aliphatic rings. The number of nitro groups is 1. The van der Waals surface area contributed by atoms with Crippen LogP contribution in [-0.4, -0.2) is 16.6 Å². The number of ether oxygens (including phenoxy) is 1. The average Bonchev–Trinajstić information content (AvgIpc) is 2.47. The molecule has 0 aliphatic heterocycles. The van der Waals surface area contributed by atoms with E-state index in [1.54, 1.807) is 26.0 Å². The van der Waals surface area contributed by atoms with Crippen LogP contribution in [0.3, 0.4) is 0 Å². The van der Waals surface area contributed by atoms with Crippen LogP contribution in [-0.2, 0) is 5.60 Å². The summed E-state index contributed by atoms with van der Waals surface area (Å²) >= 11 is 0. The van der Waals surface area contributed by atoms with E-state index in [4.69, 9.17) is 4.74 Å². The number of rotatable bonds is 5. The molecular formula is C16H17NO4. The monoisotopic (exact) mass is 287 g/mol. The van der Waals surface area contributed by atoms with Crippen molar-refractivity contribution in [2.24, 2.45) is 0 Å². The molecule has 0 saturated heterocycles. The minimum absolute atomic E-state index is 0.00635. The topological polar surface area (TPSA) is 72.6 Å². The number of benzene rings is 2. The standard InChI is InChI=1S/C16H17NO4/c1-12-14(17(19)20)9-6-10-15(12)21-11-16(2,18)13-7-4-3-5-8-13/h3-10,18H,11H2,1-2H3. The van der Waals surface area contributed by atoms with E-state index in [1.807, 2.05) is 30.3 Å². The van der Waals surface area contributed by atoms with Crippen LogP contribution in [0.4, 0.5) is 5.69 Å². The van der Waals surface area contributed by atoms with Crippen LogP contribution in [0, 0.1) is 17.0 Å². The smallest absolute Gasteiger partial charge is 0.276 e. The van der Waals surface area contributed by atoms with E-state index >= 15 is 0 Å². The summed E-state index contributed by atoms with van der Waals surface area (Å²) in [5, 5.41) is 21.4.